The van der Waals surface area contributed by atoms with Gasteiger partial charge in [0.1, 0.15) is 0 Å². The van der Waals surface area contributed by atoms with E-state index in [1.54, 1.807) is 24.5 Å². The maximum absolute atomic E-state index is 5.99. The van der Waals surface area contributed by atoms with Crippen molar-refractivity contribution in [3.63, 3.8) is 0 Å². The minimum absolute atomic E-state index is 0.270. The van der Waals surface area contributed by atoms with Crippen LogP contribution in [0.3, 0.4) is 0 Å². The largest absolute Gasteiger partial charge is 0.271 e. The van der Waals surface area contributed by atoms with Crippen molar-refractivity contribution in [2.24, 2.45) is 5.84 Å². The van der Waals surface area contributed by atoms with Gasteiger partial charge in [-0.2, -0.15) is 0 Å². The lowest BCUT2D eigenvalue weighted by molar-refractivity contribution is 0.617. The van der Waals surface area contributed by atoms with Crippen molar-refractivity contribution in [2.45, 2.75) is 13.0 Å². The molecule has 2 rings (SSSR count). The number of rotatable bonds is 3. The zero-order chi connectivity index (χ0) is 13.1. The first-order valence-electron chi connectivity index (χ1n) is 5.31. The molecule has 1 heterocycles. The van der Waals surface area contributed by atoms with Gasteiger partial charge in [-0.1, -0.05) is 29.3 Å². The Morgan fingerprint density at radius 2 is 1.94 bits per heavy atom. The number of nitrogens with one attached hydrogen (secondary N) is 1. The minimum Gasteiger partial charge on any atom is -0.271 e. The van der Waals surface area contributed by atoms with Gasteiger partial charge in [-0.25, -0.2) is 5.43 Å². The molecular formula is C12H12Cl2N4. The second-order valence-electron chi connectivity index (χ2n) is 3.86. The summed E-state index contributed by atoms with van der Waals surface area (Å²) in [6.07, 6.45) is 3.37. The zero-order valence-corrected chi connectivity index (χ0v) is 11.2. The highest BCUT2D eigenvalue weighted by Crippen LogP contribution is 2.27. The Bertz CT molecular complexity index is 542. The molecule has 0 saturated heterocycles. The molecule has 0 bridgehead atoms. The summed E-state index contributed by atoms with van der Waals surface area (Å²) in [5, 5.41) is 0.987. The van der Waals surface area contributed by atoms with Crippen molar-refractivity contribution in [1.29, 1.82) is 0 Å². The van der Waals surface area contributed by atoms with Crippen molar-refractivity contribution in [1.82, 2.24) is 15.4 Å². The molecule has 1 aromatic heterocycles. The van der Waals surface area contributed by atoms with Crippen LogP contribution in [0.25, 0.3) is 0 Å². The van der Waals surface area contributed by atoms with Crippen LogP contribution >= 0.6 is 23.2 Å². The molecule has 4 nitrogen and oxygen atoms in total. The van der Waals surface area contributed by atoms with Gasteiger partial charge in [0.2, 0.25) is 0 Å². The number of halogens is 2. The lowest BCUT2D eigenvalue weighted by atomic mass is 10.0. The van der Waals surface area contributed by atoms with Gasteiger partial charge in [-0.05, 0) is 24.6 Å². The first-order valence-corrected chi connectivity index (χ1v) is 6.07. The summed E-state index contributed by atoms with van der Waals surface area (Å²) in [5.74, 6) is 5.57. The number of hydrazine groups is 1. The van der Waals surface area contributed by atoms with Gasteiger partial charge >= 0.3 is 0 Å². The van der Waals surface area contributed by atoms with Crippen molar-refractivity contribution < 1.29 is 0 Å². The fourth-order valence-corrected chi connectivity index (χ4v) is 1.90. The minimum atomic E-state index is -0.270. The van der Waals surface area contributed by atoms with Crippen LogP contribution in [0.5, 0.6) is 0 Å². The highest BCUT2D eigenvalue weighted by molar-refractivity contribution is 6.42. The van der Waals surface area contributed by atoms with Gasteiger partial charge in [0, 0.05) is 6.20 Å². The van der Waals surface area contributed by atoms with Gasteiger partial charge in [-0.15, -0.1) is 0 Å². The molecule has 1 atom stereocenters. The number of hydrogen-bond acceptors (Lipinski definition) is 4. The Balaban J connectivity index is 2.38. The Labute approximate surface area is 115 Å². The number of benzene rings is 1. The predicted molar refractivity (Wildman–Crippen MR) is 72.4 cm³/mol. The number of hydrogen-bond donors (Lipinski definition) is 2. The molecule has 2 aromatic rings. The lowest BCUT2D eigenvalue weighted by Gasteiger charge is -2.16. The van der Waals surface area contributed by atoms with E-state index in [0.29, 0.717) is 10.0 Å². The average molecular weight is 283 g/mol. The van der Waals surface area contributed by atoms with Crippen LogP contribution in [-0.4, -0.2) is 9.97 Å². The Hall–Kier alpha value is -1.20. The quantitative estimate of drug-likeness (QED) is 0.671. The Kier molecular flexibility index (Phi) is 4.14. The third-order valence-electron chi connectivity index (χ3n) is 2.54. The molecule has 0 aliphatic heterocycles. The van der Waals surface area contributed by atoms with Crippen molar-refractivity contribution in [3.05, 3.63) is 57.6 Å². The zero-order valence-electron chi connectivity index (χ0n) is 9.69. The summed E-state index contributed by atoms with van der Waals surface area (Å²) in [4.78, 5) is 8.49. The van der Waals surface area contributed by atoms with Crippen LogP contribution in [0.1, 0.15) is 23.0 Å². The summed E-state index contributed by atoms with van der Waals surface area (Å²) in [6, 6.07) is 5.06. The maximum Gasteiger partial charge on any atom is 0.0897 e. The highest BCUT2D eigenvalue weighted by Gasteiger charge is 2.15. The third kappa shape index (κ3) is 2.79. The fraction of sp³-hybridized carbons (Fsp3) is 0.167. The first kappa shape index (κ1) is 13.2. The molecule has 3 N–H and O–H groups in total. The van der Waals surface area contributed by atoms with E-state index in [2.05, 4.69) is 15.4 Å². The number of nitrogens with two attached hydrogens (primary N) is 1. The maximum atomic E-state index is 5.99. The van der Waals surface area contributed by atoms with Crippen molar-refractivity contribution >= 4 is 23.2 Å². The summed E-state index contributed by atoms with van der Waals surface area (Å²) >= 11 is 11.9. The normalized spacial score (nSPS) is 12.4. The lowest BCUT2D eigenvalue weighted by Crippen LogP contribution is -2.29. The van der Waals surface area contributed by atoms with Gasteiger partial charge in [0.15, 0.2) is 0 Å². The molecular weight excluding hydrogens is 271 g/mol. The van der Waals surface area contributed by atoms with E-state index in [4.69, 9.17) is 29.0 Å². The summed E-state index contributed by atoms with van der Waals surface area (Å²) in [5.41, 5.74) is 5.15. The van der Waals surface area contributed by atoms with E-state index in [1.165, 1.54) is 0 Å². The number of aromatic nitrogens is 2. The SMILES string of the molecule is Cc1cnc(C(NN)c2ccc(Cl)c(Cl)c2)cn1. The monoisotopic (exact) mass is 282 g/mol. The molecule has 0 radical (unpaired) electrons. The summed E-state index contributed by atoms with van der Waals surface area (Å²) in [7, 11) is 0. The molecule has 0 aliphatic rings. The standard InChI is InChI=1S/C12H12Cl2N4/c1-7-5-17-11(6-16-7)12(18-15)8-2-3-9(13)10(14)4-8/h2-6,12,18H,15H2,1H3. The van der Waals surface area contributed by atoms with Crippen molar-refractivity contribution in [3.8, 4) is 0 Å². The average Bonchev–Trinajstić information content (AvgIpc) is 2.37. The molecule has 94 valence electrons. The van der Waals surface area contributed by atoms with E-state index < -0.39 is 0 Å². The predicted octanol–water partition coefficient (Wildman–Crippen LogP) is 2.64. The Morgan fingerprint density at radius 3 is 2.50 bits per heavy atom. The molecule has 18 heavy (non-hydrogen) atoms. The number of nitrogens with zero attached hydrogens (tertiary/aromatic N) is 2. The smallest absolute Gasteiger partial charge is 0.0897 e. The van der Waals surface area contributed by atoms with Crippen LogP contribution < -0.4 is 11.3 Å². The molecule has 6 heteroatoms. The third-order valence-corrected chi connectivity index (χ3v) is 3.28. The van der Waals surface area contributed by atoms with E-state index in [1.807, 2.05) is 13.0 Å². The number of aryl methyl sites for hydroxylation is 1. The molecule has 1 aromatic carbocycles. The van der Waals surface area contributed by atoms with Crippen LogP contribution in [0.2, 0.25) is 10.0 Å². The summed E-state index contributed by atoms with van der Waals surface area (Å²) in [6.45, 7) is 1.88. The second kappa shape index (κ2) is 5.63. The van der Waals surface area contributed by atoms with Crippen molar-refractivity contribution in [2.75, 3.05) is 0 Å². The second-order valence-corrected chi connectivity index (χ2v) is 4.67. The molecule has 0 fully saturated rings. The van der Waals surface area contributed by atoms with Gasteiger partial charge in [-0.3, -0.25) is 15.8 Å². The molecule has 0 spiro atoms. The van der Waals surface area contributed by atoms with E-state index in [-0.39, 0.29) is 6.04 Å². The van der Waals surface area contributed by atoms with Crippen LogP contribution in [0.4, 0.5) is 0 Å². The van der Waals surface area contributed by atoms with Gasteiger partial charge in [0.05, 0.1) is 33.7 Å². The van der Waals surface area contributed by atoms with E-state index in [0.717, 1.165) is 17.0 Å². The molecule has 0 amide bonds. The van der Waals surface area contributed by atoms with Gasteiger partial charge < -0.3 is 0 Å². The fourth-order valence-electron chi connectivity index (χ4n) is 1.60. The summed E-state index contributed by atoms with van der Waals surface area (Å²) < 4.78 is 0. The van der Waals surface area contributed by atoms with Crippen LogP contribution in [0.15, 0.2) is 30.6 Å². The van der Waals surface area contributed by atoms with E-state index in [9.17, 15) is 0 Å². The first-order chi connectivity index (χ1) is 8.61. The topological polar surface area (TPSA) is 63.8 Å². The van der Waals surface area contributed by atoms with E-state index >= 15 is 0 Å². The van der Waals surface area contributed by atoms with Gasteiger partial charge in [0.25, 0.3) is 0 Å². The Morgan fingerprint density at radius 1 is 1.17 bits per heavy atom. The molecule has 0 aliphatic carbocycles. The molecule has 1 unspecified atom stereocenters. The molecule has 0 saturated carbocycles. The van der Waals surface area contributed by atoms with Crippen LogP contribution in [-0.2, 0) is 0 Å². The highest BCUT2D eigenvalue weighted by atomic mass is 35.5. The van der Waals surface area contributed by atoms with Crippen LogP contribution in [0, 0.1) is 6.92 Å².